The molecule has 9 heteroatoms. The zero-order valence-electron chi connectivity index (χ0n) is 13.3. The quantitative estimate of drug-likeness (QED) is 0.814. The maximum absolute atomic E-state index is 12.3. The molecule has 0 aliphatic carbocycles. The number of aromatic nitrogens is 3. The smallest absolute Gasteiger partial charge is 0.252 e. The second kappa shape index (κ2) is 7.20. The van der Waals surface area contributed by atoms with Crippen molar-refractivity contribution < 1.29 is 4.79 Å². The first kappa shape index (κ1) is 16.7. The maximum Gasteiger partial charge on any atom is 0.252 e. The monoisotopic (exact) mass is 355 g/mol. The third-order valence-corrected chi connectivity index (χ3v) is 4.29. The second-order valence-corrected chi connectivity index (χ2v) is 5.93. The van der Waals surface area contributed by atoms with Gasteiger partial charge in [0.15, 0.2) is 0 Å². The number of benzene rings is 1. The number of halogens is 1. The predicted molar refractivity (Wildman–Crippen MR) is 89.7 cm³/mol. The molecule has 2 aromatic rings. The summed E-state index contributed by atoms with van der Waals surface area (Å²) in [4.78, 5) is 20.0. The number of nitrogens with zero attached hydrogens (tertiary/aromatic N) is 7. The van der Waals surface area contributed by atoms with E-state index in [2.05, 4.69) is 21.1 Å². The van der Waals surface area contributed by atoms with E-state index in [1.807, 2.05) is 12.1 Å². The Labute approximate surface area is 149 Å². The largest absolute Gasteiger partial charge is 0.367 e. The molecule has 1 aliphatic rings. The van der Waals surface area contributed by atoms with Crippen molar-refractivity contribution in [1.29, 1.82) is 10.5 Å². The van der Waals surface area contributed by atoms with Gasteiger partial charge in [0.25, 0.3) is 5.82 Å². The number of hydrogen-bond donors (Lipinski definition) is 0. The number of hydrogen-bond acceptors (Lipinski definition) is 6. The van der Waals surface area contributed by atoms with Crippen LogP contribution in [0.1, 0.15) is 11.4 Å². The van der Waals surface area contributed by atoms with Crippen LogP contribution in [0.5, 0.6) is 0 Å². The van der Waals surface area contributed by atoms with Gasteiger partial charge in [0, 0.05) is 26.2 Å². The second-order valence-electron chi connectivity index (χ2n) is 5.52. The Bertz CT molecular complexity index is 871. The van der Waals surface area contributed by atoms with Gasteiger partial charge < -0.3 is 9.80 Å². The summed E-state index contributed by atoms with van der Waals surface area (Å²) in [5.74, 6) is -0.0203. The molecule has 1 aromatic carbocycles. The van der Waals surface area contributed by atoms with Crippen LogP contribution in [-0.2, 0) is 11.3 Å². The highest BCUT2D eigenvalue weighted by atomic mass is 35.5. The highest BCUT2D eigenvalue weighted by Crippen LogP contribution is 2.27. The lowest BCUT2D eigenvalue weighted by atomic mass is 10.2. The molecule has 1 aliphatic heterocycles. The summed E-state index contributed by atoms with van der Waals surface area (Å²) in [5, 5.41) is 22.0. The third-order valence-electron chi connectivity index (χ3n) is 3.98. The molecule has 0 atom stereocenters. The van der Waals surface area contributed by atoms with Crippen molar-refractivity contribution in [1.82, 2.24) is 19.7 Å². The Morgan fingerprint density at radius 3 is 2.56 bits per heavy atom. The van der Waals surface area contributed by atoms with E-state index in [1.165, 1.54) is 11.0 Å². The van der Waals surface area contributed by atoms with Crippen LogP contribution in [0.25, 0.3) is 0 Å². The summed E-state index contributed by atoms with van der Waals surface area (Å²) in [5.41, 5.74) is 1.38. The molecule has 1 fully saturated rings. The van der Waals surface area contributed by atoms with Crippen molar-refractivity contribution in [2.24, 2.45) is 0 Å². The van der Waals surface area contributed by atoms with Crippen molar-refractivity contribution in [3.63, 3.8) is 0 Å². The van der Waals surface area contributed by atoms with Crippen LogP contribution in [0.2, 0.25) is 5.02 Å². The minimum absolute atomic E-state index is 0.0491. The number of carbonyl (C=O) groups excluding carboxylic acids is 1. The molecule has 0 spiro atoms. The van der Waals surface area contributed by atoms with E-state index in [-0.39, 0.29) is 18.3 Å². The minimum atomic E-state index is -0.0695. The molecule has 0 bridgehead atoms. The van der Waals surface area contributed by atoms with Crippen molar-refractivity contribution in [2.45, 2.75) is 6.54 Å². The lowest BCUT2D eigenvalue weighted by molar-refractivity contribution is -0.132. The molecule has 1 amide bonds. The lowest BCUT2D eigenvalue weighted by Crippen LogP contribution is -2.49. The van der Waals surface area contributed by atoms with Crippen LogP contribution in [0.4, 0.5) is 5.69 Å². The van der Waals surface area contributed by atoms with Crippen molar-refractivity contribution in [3.8, 4) is 12.1 Å². The summed E-state index contributed by atoms with van der Waals surface area (Å²) in [6, 6.07) is 9.10. The van der Waals surface area contributed by atoms with E-state index in [1.54, 1.807) is 17.0 Å². The number of amides is 1. The number of anilines is 1. The first-order valence-corrected chi connectivity index (χ1v) is 8.00. The van der Waals surface area contributed by atoms with Crippen LogP contribution in [0, 0.1) is 22.7 Å². The highest BCUT2D eigenvalue weighted by Gasteiger charge is 2.23. The van der Waals surface area contributed by atoms with Gasteiger partial charge in [0.1, 0.15) is 18.9 Å². The van der Waals surface area contributed by atoms with Gasteiger partial charge >= 0.3 is 0 Å². The molecule has 0 radical (unpaired) electrons. The Morgan fingerprint density at radius 1 is 1.20 bits per heavy atom. The van der Waals surface area contributed by atoms with E-state index in [0.29, 0.717) is 36.8 Å². The fraction of sp³-hybridized carbons (Fsp3) is 0.312. The van der Waals surface area contributed by atoms with Gasteiger partial charge in [-0.25, -0.2) is 9.67 Å². The number of rotatable bonds is 3. The number of piperazine rings is 1. The summed E-state index contributed by atoms with van der Waals surface area (Å²) >= 11 is 6.25. The van der Waals surface area contributed by atoms with Crippen LogP contribution in [0.15, 0.2) is 24.5 Å². The van der Waals surface area contributed by atoms with Crippen molar-refractivity contribution in [2.75, 3.05) is 31.1 Å². The average Bonchev–Trinajstić information content (AvgIpc) is 3.09. The average molecular weight is 356 g/mol. The normalized spacial score (nSPS) is 14.0. The predicted octanol–water partition coefficient (Wildman–Crippen LogP) is 1.02. The van der Waals surface area contributed by atoms with Crippen molar-refractivity contribution >= 4 is 23.2 Å². The molecule has 3 rings (SSSR count). The molecular weight excluding hydrogens is 342 g/mol. The molecule has 2 heterocycles. The van der Waals surface area contributed by atoms with Crippen LogP contribution < -0.4 is 4.90 Å². The van der Waals surface area contributed by atoms with Gasteiger partial charge in [0.05, 0.1) is 22.3 Å². The molecular formula is C16H14ClN7O. The fourth-order valence-corrected chi connectivity index (χ4v) is 2.99. The van der Waals surface area contributed by atoms with Crippen molar-refractivity contribution in [3.05, 3.63) is 40.9 Å². The van der Waals surface area contributed by atoms with E-state index in [4.69, 9.17) is 22.1 Å². The summed E-state index contributed by atoms with van der Waals surface area (Å²) < 4.78 is 1.37. The molecule has 1 saturated heterocycles. The maximum atomic E-state index is 12.3. The minimum Gasteiger partial charge on any atom is -0.367 e. The Balaban J connectivity index is 1.59. The topological polar surface area (TPSA) is 102 Å². The first-order valence-electron chi connectivity index (χ1n) is 7.62. The Hall–Kier alpha value is -3.10. The summed E-state index contributed by atoms with van der Waals surface area (Å²) in [6.07, 6.45) is 1.38. The fourth-order valence-electron chi connectivity index (χ4n) is 2.69. The van der Waals surface area contributed by atoms with E-state index in [0.717, 1.165) is 5.69 Å². The number of carbonyl (C=O) groups is 1. The molecule has 0 N–H and O–H groups in total. The first-order chi connectivity index (χ1) is 12.1. The van der Waals surface area contributed by atoms with Crippen LogP contribution in [-0.4, -0.2) is 51.8 Å². The molecule has 0 unspecified atom stereocenters. The van der Waals surface area contributed by atoms with Gasteiger partial charge in [-0.2, -0.15) is 10.5 Å². The summed E-state index contributed by atoms with van der Waals surface area (Å²) in [7, 11) is 0. The van der Waals surface area contributed by atoms with Gasteiger partial charge in [-0.1, -0.05) is 11.6 Å². The SMILES string of the molecule is N#Cc1ccc(N2CCN(C(=O)Cn3cnc(C#N)n3)CC2)c(Cl)c1. The molecule has 126 valence electrons. The number of nitriles is 2. The van der Waals surface area contributed by atoms with Gasteiger partial charge in [0.2, 0.25) is 5.91 Å². The lowest BCUT2D eigenvalue weighted by Gasteiger charge is -2.36. The van der Waals surface area contributed by atoms with E-state index < -0.39 is 0 Å². The molecule has 1 aromatic heterocycles. The van der Waals surface area contributed by atoms with Crippen LogP contribution >= 0.6 is 11.6 Å². The zero-order valence-corrected chi connectivity index (χ0v) is 14.0. The van der Waals surface area contributed by atoms with E-state index in [9.17, 15) is 4.79 Å². The molecule has 8 nitrogen and oxygen atoms in total. The van der Waals surface area contributed by atoms with E-state index >= 15 is 0 Å². The van der Waals surface area contributed by atoms with Gasteiger partial charge in [-0.05, 0) is 18.2 Å². The van der Waals surface area contributed by atoms with Gasteiger partial charge in [-0.15, -0.1) is 5.10 Å². The van der Waals surface area contributed by atoms with Crippen LogP contribution in [0.3, 0.4) is 0 Å². The molecule has 25 heavy (non-hydrogen) atoms. The standard InChI is InChI=1S/C16H14ClN7O/c17-13-7-12(8-18)1-2-14(13)22-3-5-23(6-4-22)16(25)10-24-11-20-15(9-19)21-24/h1-2,7,11H,3-6,10H2. The highest BCUT2D eigenvalue weighted by molar-refractivity contribution is 6.33. The molecule has 0 saturated carbocycles. The Morgan fingerprint density at radius 2 is 1.96 bits per heavy atom. The van der Waals surface area contributed by atoms with Gasteiger partial charge in [-0.3, -0.25) is 4.79 Å². The summed E-state index contributed by atoms with van der Waals surface area (Å²) in [6.45, 7) is 2.49. The zero-order chi connectivity index (χ0) is 17.8. The Kier molecular flexibility index (Phi) is 4.82. The third kappa shape index (κ3) is 3.70.